The van der Waals surface area contributed by atoms with Crippen molar-refractivity contribution in [2.45, 2.75) is 45.4 Å². The van der Waals surface area contributed by atoms with Crippen LogP contribution in [0, 0.1) is 0 Å². The Balaban J connectivity index is 1.86. The molecule has 2 aromatic rings. The predicted octanol–water partition coefficient (Wildman–Crippen LogP) is 5.40. The van der Waals surface area contributed by atoms with Crippen molar-refractivity contribution in [2.24, 2.45) is 0 Å². The molecule has 0 unspecified atom stereocenters. The summed E-state index contributed by atoms with van der Waals surface area (Å²) in [6.07, 6.45) is -0.0739. The standard InChI is InChI=1S/C21H22BrClN2O3/c1-21(2,3)28-20(27)25-12-14-7-5-4-6-13(14)10-18(25)19(26)24-15-8-9-17(23)16(22)11-15/h4-9,11,18H,10,12H2,1-3H3,(H,24,26)/t18-/m0/s1. The van der Waals surface area contributed by atoms with Gasteiger partial charge in [-0.05, 0) is 66.0 Å². The number of amides is 2. The number of nitrogens with one attached hydrogen (secondary N) is 1. The molecule has 1 heterocycles. The molecule has 0 aliphatic carbocycles. The maximum absolute atomic E-state index is 13.0. The van der Waals surface area contributed by atoms with E-state index in [1.807, 2.05) is 45.0 Å². The zero-order valence-corrected chi connectivity index (χ0v) is 18.3. The first-order valence-corrected chi connectivity index (χ1v) is 10.1. The minimum Gasteiger partial charge on any atom is -0.444 e. The lowest BCUT2D eigenvalue weighted by molar-refractivity contribution is -0.121. The SMILES string of the molecule is CC(C)(C)OC(=O)N1Cc2ccccc2C[C@H]1C(=O)Nc1ccc(Cl)c(Br)c1. The molecule has 5 nitrogen and oxygen atoms in total. The van der Waals surface area contributed by atoms with Crippen LogP contribution in [0.4, 0.5) is 10.5 Å². The van der Waals surface area contributed by atoms with E-state index in [4.69, 9.17) is 16.3 Å². The highest BCUT2D eigenvalue weighted by molar-refractivity contribution is 9.10. The molecule has 0 spiro atoms. The lowest BCUT2D eigenvalue weighted by Gasteiger charge is -2.36. The van der Waals surface area contributed by atoms with Crippen LogP contribution in [0.3, 0.4) is 0 Å². The maximum Gasteiger partial charge on any atom is 0.411 e. The second-order valence-corrected chi connectivity index (χ2v) is 8.98. The van der Waals surface area contributed by atoms with Crippen LogP contribution in [-0.2, 0) is 22.5 Å². The summed E-state index contributed by atoms with van der Waals surface area (Å²) in [6.45, 7) is 5.75. The molecule has 1 atom stereocenters. The minimum absolute atomic E-state index is 0.269. The smallest absolute Gasteiger partial charge is 0.411 e. The summed E-state index contributed by atoms with van der Waals surface area (Å²) in [5.41, 5.74) is 2.03. The van der Waals surface area contributed by atoms with E-state index in [9.17, 15) is 9.59 Å². The van der Waals surface area contributed by atoms with Gasteiger partial charge >= 0.3 is 6.09 Å². The number of hydrogen-bond acceptors (Lipinski definition) is 3. The number of fused-ring (bicyclic) bond motifs is 1. The van der Waals surface area contributed by atoms with Gasteiger partial charge in [-0.1, -0.05) is 35.9 Å². The van der Waals surface area contributed by atoms with Gasteiger partial charge < -0.3 is 10.1 Å². The molecule has 0 radical (unpaired) electrons. The van der Waals surface area contributed by atoms with E-state index in [1.165, 1.54) is 4.90 Å². The molecule has 1 aliphatic rings. The largest absolute Gasteiger partial charge is 0.444 e. The number of carbonyl (C=O) groups is 2. The van der Waals surface area contributed by atoms with Crippen molar-refractivity contribution in [3.63, 3.8) is 0 Å². The van der Waals surface area contributed by atoms with Crippen molar-refractivity contribution in [1.29, 1.82) is 0 Å². The van der Waals surface area contributed by atoms with E-state index in [0.717, 1.165) is 11.1 Å². The number of benzene rings is 2. The van der Waals surface area contributed by atoms with E-state index in [1.54, 1.807) is 18.2 Å². The monoisotopic (exact) mass is 464 g/mol. The van der Waals surface area contributed by atoms with E-state index >= 15 is 0 Å². The molecule has 148 valence electrons. The topological polar surface area (TPSA) is 58.6 Å². The second kappa shape index (κ2) is 8.13. The third-order valence-electron chi connectivity index (χ3n) is 4.37. The van der Waals surface area contributed by atoms with Crippen LogP contribution in [0.1, 0.15) is 31.9 Å². The highest BCUT2D eigenvalue weighted by Crippen LogP contribution is 2.28. The maximum atomic E-state index is 13.0. The average molecular weight is 466 g/mol. The first-order valence-electron chi connectivity index (χ1n) is 8.96. The summed E-state index contributed by atoms with van der Waals surface area (Å²) in [7, 11) is 0. The molecule has 0 bridgehead atoms. The van der Waals surface area contributed by atoms with Gasteiger partial charge in [-0.3, -0.25) is 9.69 Å². The zero-order valence-electron chi connectivity index (χ0n) is 16.0. The van der Waals surface area contributed by atoms with Crippen LogP contribution in [0.2, 0.25) is 5.02 Å². The molecule has 3 rings (SSSR count). The first kappa shape index (κ1) is 20.7. The molecule has 0 fully saturated rings. The van der Waals surface area contributed by atoms with Crippen molar-refractivity contribution in [3.05, 3.63) is 63.1 Å². The fraction of sp³-hybridized carbons (Fsp3) is 0.333. The van der Waals surface area contributed by atoms with E-state index in [-0.39, 0.29) is 5.91 Å². The number of carbonyl (C=O) groups excluding carboxylic acids is 2. The Morgan fingerprint density at radius 2 is 1.86 bits per heavy atom. The molecule has 1 N–H and O–H groups in total. The molecular formula is C21H22BrClN2O3. The molecular weight excluding hydrogens is 444 g/mol. The van der Waals surface area contributed by atoms with Crippen molar-refractivity contribution < 1.29 is 14.3 Å². The summed E-state index contributed by atoms with van der Waals surface area (Å²) in [6, 6.07) is 12.3. The molecule has 28 heavy (non-hydrogen) atoms. The number of hydrogen-bond donors (Lipinski definition) is 1. The van der Waals surface area contributed by atoms with Crippen LogP contribution in [0.25, 0.3) is 0 Å². The fourth-order valence-corrected chi connectivity index (χ4v) is 3.57. The van der Waals surface area contributed by atoms with Crippen molar-refractivity contribution >= 4 is 45.2 Å². The number of anilines is 1. The van der Waals surface area contributed by atoms with Crippen LogP contribution >= 0.6 is 27.5 Å². The van der Waals surface area contributed by atoms with Gasteiger partial charge in [0.1, 0.15) is 11.6 Å². The number of halogens is 2. The zero-order chi connectivity index (χ0) is 20.5. The molecule has 7 heteroatoms. The van der Waals surface area contributed by atoms with Gasteiger partial charge in [0, 0.05) is 16.6 Å². The Morgan fingerprint density at radius 1 is 1.18 bits per heavy atom. The van der Waals surface area contributed by atoms with Crippen LogP contribution in [0.15, 0.2) is 46.9 Å². The van der Waals surface area contributed by atoms with Gasteiger partial charge in [-0.15, -0.1) is 0 Å². The predicted molar refractivity (Wildman–Crippen MR) is 113 cm³/mol. The highest BCUT2D eigenvalue weighted by Gasteiger charge is 2.37. The molecule has 0 saturated carbocycles. The summed E-state index contributed by atoms with van der Waals surface area (Å²) in [5, 5.41) is 3.44. The normalized spacial score (nSPS) is 16.3. The van der Waals surface area contributed by atoms with Crippen LogP contribution < -0.4 is 5.32 Å². The van der Waals surface area contributed by atoms with Crippen molar-refractivity contribution in [3.8, 4) is 0 Å². The third-order valence-corrected chi connectivity index (χ3v) is 5.58. The van der Waals surface area contributed by atoms with Gasteiger partial charge in [0.2, 0.25) is 5.91 Å². The van der Waals surface area contributed by atoms with Crippen LogP contribution in [0.5, 0.6) is 0 Å². The first-order chi connectivity index (χ1) is 13.1. The second-order valence-electron chi connectivity index (χ2n) is 7.72. The van der Waals surface area contributed by atoms with Gasteiger partial charge in [0.05, 0.1) is 11.6 Å². The summed E-state index contributed by atoms with van der Waals surface area (Å²) >= 11 is 9.37. The Morgan fingerprint density at radius 3 is 2.50 bits per heavy atom. The van der Waals surface area contributed by atoms with E-state index in [0.29, 0.717) is 28.1 Å². The number of nitrogens with zero attached hydrogens (tertiary/aromatic N) is 1. The van der Waals surface area contributed by atoms with Crippen LogP contribution in [-0.4, -0.2) is 28.5 Å². The van der Waals surface area contributed by atoms with Crippen molar-refractivity contribution in [2.75, 3.05) is 5.32 Å². The van der Waals surface area contributed by atoms with E-state index in [2.05, 4.69) is 21.2 Å². The van der Waals surface area contributed by atoms with E-state index < -0.39 is 17.7 Å². The summed E-state index contributed by atoms with van der Waals surface area (Å²) in [5.74, 6) is -0.269. The van der Waals surface area contributed by atoms with Crippen molar-refractivity contribution in [1.82, 2.24) is 4.90 Å². The average Bonchev–Trinajstić information content (AvgIpc) is 2.62. The fourth-order valence-electron chi connectivity index (χ4n) is 3.07. The Labute approximate surface area is 178 Å². The Kier molecular flexibility index (Phi) is 6.01. The molecule has 2 amide bonds. The summed E-state index contributed by atoms with van der Waals surface area (Å²) in [4.78, 5) is 27.3. The number of ether oxygens (including phenoxy) is 1. The lowest BCUT2D eigenvalue weighted by atomic mass is 9.93. The number of rotatable bonds is 2. The molecule has 2 aromatic carbocycles. The Hall–Kier alpha value is -2.05. The highest BCUT2D eigenvalue weighted by atomic mass is 79.9. The summed E-state index contributed by atoms with van der Waals surface area (Å²) < 4.78 is 6.22. The minimum atomic E-state index is -0.667. The van der Waals surface area contributed by atoms with Gasteiger partial charge in [0.15, 0.2) is 0 Å². The molecule has 0 aromatic heterocycles. The lowest BCUT2D eigenvalue weighted by Crippen LogP contribution is -2.52. The quantitative estimate of drug-likeness (QED) is 0.646. The molecule has 1 aliphatic heterocycles. The Bertz CT molecular complexity index is 911. The van der Waals surface area contributed by atoms with Gasteiger partial charge in [0.25, 0.3) is 0 Å². The van der Waals surface area contributed by atoms with Gasteiger partial charge in [-0.25, -0.2) is 4.79 Å². The molecule has 0 saturated heterocycles. The van der Waals surface area contributed by atoms with Gasteiger partial charge in [-0.2, -0.15) is 0 Å². The third kappa shape index (κ3) is 4.86.